The second-order valence-corrected chi connectivity index (χ2v) is 4.75. The van der Waals surface area contributed by atoms with Crippen molar-refractivity contribution in [2.24, 2.45) is 4.76 Å². The molecule has 0 heterocycles. The molecular formula is C8H22N5P3. The second kappa shape index (κ2) is 9.10. The fourth-order valence-electron chi connectivity index (χ4n) is 1.11. The van der Waals surface area contributed by atoms with E-state index in [1.54, 1.807) is 7.05 Å². The minimum atomic E-state index is 0.570. The van der Waals surface area contributed by atoms with E-state index in [0.717, 1.165) is 31.9 Å². The normalized spacial score (nSPS) is 11.2. The predicted octanol–water partition coefficient (Wildman–Crippen LogP) is 1.31. The Kier molecular flexibility index (Phi) is 9.12. The van der Waals surface area contributed by atoms with Crippen molar-refractivity contribution in [3.05, 3.63) is 0 Å². The topological polar surface area (TPSA) is 54.7 Å². The highest BCUT2D eigenvalue weighted by Crippen LogP contribution is 2.12. The molecule has 0 aliphatic carbocycles. The highest BCUT2D eigenvalue weighted by molar-refractivity contribution is 7.18. The van der Waals surface area contributed by atoms with Crippen molar-refractivity contribution in [2.45, 2.75) is 19.8 Å². The molecule has 16 heavy (non-hydrogen) atoms. The van der Waals surface area contributed by atoms with Gasteiger partial charge >= 0.3 is 0 Å². The van der Waals surface area contributed by atoms with Crippen LogP contribution >= 0.6 is 28.2 Å². The van der Waals surface area contributed by atoms with Gasteiger partial charge < -0.3 is 14.7 Å². The average molecular weight is 281 g/mol. The summed E-state index contributed by atoms with van der Waals surface area (Å²) in [5, 5.41) is 10.3. The van der Waals surface area contributed by atoms with Gasteiger partial charge in [0.1, 0.15) is 0 Å². The van der Waals surface area contributed by atoms with Crippen LogP contribution in [0.25, 0.3) is 0 Å². The van der Waals surface area contributed by atoms with Gasteiger partial charge in [0.25, 0.3) is 0 Å². The standard InChI is InChI=1S/C8H22N5P3/c1-3-12(15)8(11-14)13(16)6-4-5-7(9)10-2/h3-6,14-16H2,1-2H3,(H2,9,10). The van der Waals surface area contributed by atoms with Gasteiger partial charge in [-0.3, -0.25) is 5.41 Å². The molecule has 0 rings (SSSR count). The Morgan fingerprint density at radius 3 is 2.44 bits per heavy atom. The van der Waals surface area contributed by atoms with E-state index < -0.39 is 0 Å². The summed E-state index contributed by atoms with van der Waals surface area (Å²) in [5.41, 5.74) is 0. The molecule has 0 amide bonds. The lowest BCUT2D eigenvalue weighted by atomic mass is 10.3. The largest absolute Gasteiger partial charge is 0.377 e. The lowest BCUT2D eigenvalue weighted by Gasteiger charge is -2.27. The highest BCUT2D eigenvalue weighted by Gasteiger charge is 2.09. The maximum absolute atomic E-state index is 7.47. The first-order valence-corrected chi connectivity index (χ1v) is 6.69. The molecule has 0 fully saturated rings. The minimum Gasteiger partial charge on any atom is -0.377 e. The van der Waals surface area contributed by atoms with Gasteiger partial charge in [-0.05, 0) is 41.5 Å². The second-order valence-electron chi connectivity index (χ2n) is 3.24. The third-order valence-corrected chi connectivity index (χ3v) is 3.41. The number of hydrogen-bond acceptors (Lipinski definition) is 2. The molecule has 94 valence electrons. The van der Waals surface area contributed by atoms with Gasteiger partial charge in [-0.2, -0.15) is 0 Å². The van der Waals surface area contributed by atoms with Gasteiger partial charge in [0, 0.05) is 26.6 Å². The van der Waals surface area contributed by atoms with E-state index in [1.165, 1.54) is 0 Å². The molecule has 0 bridgehead atoms. The SMILES string of the molecule is CCN(P)C(=NP)N(P)CCCC(=N)NC. The van der Waals surface area contributed by atoms with Crippen LogP contribution in [0, 0.1) is 5.41 Å². The summed E-state index contributed by atoms with van der Waals surface area (Å²) in [6, 6.07) is 0. The van der Waals surface area contributed by atoms with Gasteiger partial charge in [-0.25, -0.2) is 4.76 Å². The van der Waals surface area contributed by atoms with Crippen LogP contribution in [0.2, 0.25) is 0 Å². The molecule has 0 saturated carbocycles. The molecule has 0 aromatic heterocycles. The van der Waals surface area contributed by atoms with Crippen LogP contribution in [0.4, 0.5) is 0 Å². The predicted molar refractivity (Wildman–Crippen MR) is 81.7 cm³/mol. The molecule has 0 radical (unpaired) electrons. The van der Waals surface area contributed by atoms with Crippen molar-refractivity contribution in [3.63, 3.8) is 0 Å². The smallest absolute Gasteiger partial charge is 0.205 e. The number of nitrogens with one attached hydrogen (secondary N) is 2. The first-order valence-electron chi connectivity index (χ1n) is 5.14. The Hall–Kier alpha value is 0.0300. The van der Waals surface area contributed by atoms with E-state index in [9.17, 15) is 0 Å². The summed E-state index contributed by atoms with van der Waals surface area (Å²) >= 11 is 0. The van der Waals surface area contributed by atoms with Crippen molar-refractivity contribution in [1.82, 2.24) is 14.7 Å². The van der Waals surface area contributed by atoms with Crippen molar-refractivity contribution >= 4 is 40.0 Å². The van der Waals surface area contributed by atoms with Crippen molar-refractivity contribution in [2.75, 3.05) is 20.1 Å². The molecule has 0 aliphatic rings. The zero-order chi connectivity index (χ0) is 12.6. The van der Waals surface area contributed by atoms with E-state index in [1.807, 2.05) is 9.34 Å². The van der Waals surface area contributed by atoms with E-state index >= 15 is 0 Å². The molecule has 0 spiro atoms. The first-order chi connectivity index (χ1) is 7.56. The van der Waals surface area contributed by atoms with Gasteiger partial charge in [-0.15, -0.1) is 0 Å². The summed E-state index contributed by atoms with van der Waals surface area (Å²) in [6.45, 7) is 3.81. The fourth-order valence-corrected chi connectivity index (χ4v) is 2.42. The quantitative estimate of drug-likeness (QED) is 0.454. The van der Waals surface area contributed by atoms with E-state index in [0.29, 0.717) is 5.84 Å². The van der Waals surface area contributed by atoms with Gasteiger partial charge in [0.2, 0.25) is 5.96 Å². The van der Waals surface area contributed by atoms with Gasteiger partial charge in [0.05, 0.1) is 5.84 Å². The van der Waals surface area contributed by atoms with Crippen LogP contribution in [0.1, 0.15) is 19.8 Å². The third-order valence-electron chi connectivity index (χ3n) is 2.10. The number of nitrogens with zero attached hydrogens (tertiary/aromatic N) is 3. The van der Waals surface area contributed by atoms with Crippen molar-refractivity contribution < 1.29 is 0 Å². The van der Waals surface area contributed by atoms with Crippen LogP contribution in [0.15, 0.2) is 4.76 Å². The van der Waals surface area contributed by atoms with E-state index in [-0.39, 0.29) is 0 Å². The zero-order valence-electron chi connectivity index (χ0n) is 9.90. The maximum atomic E-state index is 7.47. The Morgan fingerprint density at radius 1 is 1.38 bits per heavy atom. The summed E-state index contributed by atoms with van der Waals surface area (Å²) in [5.74, 6) is 1.46. The third kappa shape index (κ3) is 5.94. The number of guanidine groups is 1. The van der Waals surface area contributed by atoms with Crippen molar-refractivity contribution in [3.8, 4) is 0 Å². The summed E-state index contributed by atoms with van der Waals surface area (Å²) in [4.78, 5) is 0. The van der Waals surface area contributed by atoms with Crippen LogP contribution in [-0.2, 0) is 0 Å². The fraction of sp³-hybridized carbons (Fsp3) is 0.750. The molecule has 2 N–H and O–H groups in total. The number of amidine groups is 1. The summed E-state index contributed by atoms with van der Waals surface area (Å²) in [6.07, 6.45) is 1.68. The van der Waals surface area contributed by atoms with E-state index in [4.69, 9.17) is 5.41 Å². The van der Waals surface area contributed by atoms with E-state index in [2.05, 4.69) is 45.2 Å². The molecule has 3 unspecified atom stereocenters. The maximum Gasteiger partial charge on any atom is 0.205 e. The molecule has 0 saturated heterocycles. The average Bonchev–Trinajstić information content (AvgIpc) is 2.29. The lowest BCUT2D eigenvalue weighted by molar-refractivity contribution is 0.556. The molecule has 3 atom stereocenters. The number of rotatable bonds is 5. The lowest BCUT2D eigenvalue weighted by Crippen LogP contribution is -2.33. The Morgan fingerprint density at radius 2 is 2.00 bits per heavy atom. The molecule has 0 aliphatic heterocycles. The Bertz CT molecular complexity index is 246. The summed E-state index contributed by atoms with van der Waals surface area (Å²) in [7, 11) is 9.44. The van der Waals surface area contributed by atoms with Gasteiger partial charge in [-0.1, -0.05) is 0 Å². The zero-order valence-corrected chi connectivity index (χ0v) is 13.4. The van der Waals surface area contributed by atoms with Gasteiger partial charge in [0.15, 0.2) is 0 Å². The molecule has 5 nitrogen and oxygen atoms in total. The molecule has 8 heteroatoms. The van der Waals surface area contributed by atoms with Crippen LogP contribution in [-0.4, -0.2) is 41.3 Å². The number of hydrogen-bond donors (Lipinski definition) is 2. The van der Waals surface area contributed by atoms with Crippen molar-refractivity contribution in [1.29, 1.82) is 5.41 Å². The van der Waals surface area contributed by atoms with Crippen LogP contribution < -0.4 is 5.32 Å². The first kappa shape index (κ1) is 16.0. The van der Waals surface area contributed by atoms with Crippen LogP contribution in [0.3, 0.4) is 0 Å². The molecule has 0 aromatic rings. The Balaban J connectivity index is 4.04. The monoisotopic (exact) mass is 281 g/mol. The van der Waals surface area contributed by atoms with Crippen LogP contribution in [0.5, 0.6) is 0 Å². The molecule has 0 aromatic carbocycles. The summed E-state index contributed by atoms with van der Waals surface area (Å²) < 4.78 is 8.15. The highest BCUT2D eigenvalue weighted by atomic mass is 31.0. The minimum absolute atomic E-state index is 0.570. The molecular weight excluding hydrogens is 259 g/mol. The Labute approximate surface area is 105 Å².